The molecule has 0 aliphatic carbocycles. The first kappa shape index (κ1) is 22.2. The lowest BCUT2D eigenvalue weighted by Gasteiger charge is -2.32. The molecule has 1 atom stereocenters. The molecule has 2 aromatic rings. The summed E-state index contributed by atoms with van der Waals surface area (Å²) in [6.45, 7) is 3.53. The van der Waals surface area contributed by atoms with Crippen molar-refractivity contribution in [1.82, 2.24) is 15.1 Å². The summed E-state index contributed by atoms with van der Waals surface area (Å²) in [4.78, 5) is 40.3. The number of fused-ring (bicyclic) bond motifs is 1. The van der Waals surface area contributed by atoms with Gasteiger partial charge in [0, 0.05) is 32.1 Å². The summed E-state index contributed by atoms with van der Waals surface area (Å²) in [6.07, 6.45) is 3.60. The molecule has 168 valence electrons. The molecular formula is C26H31N3O3. The third-order valence-electron chi connectivity index (χ3n) is 6.75. The van der Waals surface area contributed by atoms with Gasteiger partial charge in [0.2, 0.25) is 5.91 Å². The molecule has 0 saturated carbocycles. The molecule has 0 spiro atoms. The van der Waals surface area contributed by atoms with Crippen molar-refractivity contribution >= 4 is 18.1 Å². The summed E-state index contributed by atoms with van der Waals surface area (Å²) < 4.78 is 0. The van der Waals surface area contributed by atoms with Crippen LogP contribution in [-0.4, -0.2) is 54.1 Å². The highest BCUT2D eigenvalue weighted by molar-refractivity contribution is 6.01. The fourth-order valence-corrected chi connectivity index (χ4v) is 4.96. The molecule has 6 nitrogen and oxygen atoms in total. The van der Waals surface area contributed by atoms with Gasteiger partial charge in [-0.1, -0.05) is 42.5 Å². The Morgan fingerprint density at radius 1 is 1.16 bits per heavy atom. The molecule has 2 aromatic carbocycles. The number of likely N-dealkylation sites (N-methyl/N-ethyl adjacent to an activating group) is 1. The summed E-state index contributed by atoms with van der Waals surface area (Å²) in [7, 11) is 1.56. The van der Waals surface area contributed by atoms with Crippen molar-refractivity contribution in [3.8, 4) is 0 Å². The first-order chi connectivity index (χ1) is 15.6. The Labute approximate surface area is 189 Å². The average molecular weight is 434 g/mol. The van der Waals surface area contributed by atoms with Crippen LogP contribution in [0.4, 0.5) is 0 Å². The van der Waals surface area contributed by atoms with Crippen molar-refractivity contribution in [1.29, 1.82) is 0 Å². The van der Waals surface area contributed by atoms with Crippen LogP contribution in [0.3, 0.4) is 0 Å². The monoisotopic (exact) mass is 433 g/mol. The molecule has 2 aliphatic rings. The number of hydrogen-bond donors (Lipinski definition) is 1. The summed E-state index contributed by atoms with van der Waals surface area (Å²) >= 11 is 0. The summed E-state index contributed by atoms with van der Waals surface area (Å²) in [5.74, 6) is 0.143. The highest BCUT2D eigenvalue weighted by Gasteiger charge is 2.36. The third kappa shape index (κ3) is 4.75. The molecule has 1 fully saturated rings. The number of carbonyl (C=O) groups excluding carboxylic acids is 3. The largest absolute Gasteiger partial charge is 0.357 e. The second-order valence-electron chi connectivity index (χ2n) is 8.76. The first-order valence-corrected chi connectivity index (χ1v) is 11.5. The number of amides is 2. The number of nitrogens with zero attached hydrogens (tertiary/aromatic N) is 2. The van der Waals surface area contributed by atoms with Crippen LogP contribution in [-0.2, 0) is 22.7 Å². The van der Waals surface area contributed by atoms with E-state index in [0.717, 1.165) is 44.3 Å². The standard InChI is InChI=1S/C26H31N3O3/c1-27-25(31)24(8-5-15-30)29-18-22-16-21(9-10-23(22)26(29)32)20-11-13-28(14-12-20)17-19-6-3-2-4-7-19/h2-4,6-7,9-10,15-16,20,24H,5,8,11-14,17-18H2,1H3,(H,27,31). The molecule has 6 heteroatoms. The zero-order valence-corrected chi connectivity index (χ0v) is 18.6. The Morgan fingerprint density at radius 2 is 1.91 bits per heavy atom. The molecule has 0 radical (unpaired) electrons. The number of aldehydes is 1. The maximum atomic E-state index is 13.0. The summed E-state index contributed by atoms with van der Waals surface area (Å²) in [5.41, 5.74) is 4.29. The normalized spacial score (nSPS) is 17.8. The van der Waals surface area contributed by atoms with Crippen molar-refractivity contribution in [2.75, 3.05) is 20.1 Å². The maximum Gasteiger partial charge on any atom is 0.255 e. The molecule has 0 aromatic heterocycles. The minimum absolute atomic E-state index is 0.122. The number of piperidine rings is 1. The molecule has 2 amide bonds. The summed E-state index contributed by atoms with van der Waals surface area (Å²) in [5, 5.41) is 2.63. The van der Waals surface area contributed by atoms with E-state index < -0.39 is 6.04 Å². The fraction of sp³-hybridized carbons (Fsp3) is 0.423. The molecule has 2 heterocycles. The number of nitrogens with one attached hydrogen (secondary N) is 1. The van der Waals surface area contributed by atoms with Gasteiger partial charge in [-0.2, -0.15) is 0 Å². The van der Waals surface area contributed by atoms with Gasteiger partial charge >= 0.3 is 0 Å². The molecule has 2 aliphatic heterocycles. The maximum absolute atomic E-state index is 13.0. The highest BCUT2D eigenvalue weighted by Crippen LogP contribution is 2.33. The lowest BCUT2D eigenvalue weighted by molar-refractivity contribution is -0.125. The van der Waals surface area contributed by atoms with Crippen molar-refractivity contribution < 1.29 is 14.4 Å². The molecular weight excluding hydrogens is 402 g/mol. The van der Waals surface area contributed by atoms with E-state index in [2.05, 4.69) is 52.7 Å². The van der Waals surface area contributed by atoms with E-state index >= 15 is 0 Å². The van der Waals surface area contributed by atoms with Gasteiger partial charge in [-0.25, -0.2) is 0 Å². The van der Waals surface area contributed by atoms with E-state index in [1.54, 1.807) is 11.9 Å². The predicted molar refractivity (Wildman–Crippen MR) is 123 cm³/mol. The van der Waals surface area contributed by atoms with Gasteiger partial charge in [-0.15, -0.1) is 0 Å². The molecule has 1 unspecified atom stereocenters. The van der Waals surface area contributed by atoms with Crippen molar-refractivity contribution in [3.63, 3.8) is 0 Å². The minimum atomic E-state index is -0.616. The van der Waals surface area contributed by atoms with Gasteiger partial charge in [0.05, 0.1) is 0 Å². The zero-order chi connectivity index (χ0) is 22.5. The molecule has 32 heavy (non-hydrogen) atoms. The van der Waals surface area contributed by atoms with Gasteiger partial charge in [0.1, 0.15) is 12.3 Å². The van der Waals surface area contributed by atoms with Crippen LogP contribution in [0.5, 0.6) is 0 Å². The van der Waals surface area contributed by atoms with E-state index in [9.17, 15) is 14.4 Å². The highest BCUT2D eigenvalue weighted by atomic mass is 16.2. The first-order valence-electron chi connectivity index (χ1n) is 11.5. The quantitative estimate of drug-likeness (QED) is 0.650. The Morgan fingerprint density at radius 3 is 2.59 bits per heavy atom. The van der Waals surface area contributed by atoms with Gasteiger partial charge in [0.25, 0.3) is 5.91 Å². The number of benzene rings is 2. The van der Waals surface area contributed by atoms with E-state index in [1.165, 1.54) is 11.1 Å². The van der Waals surface area contributed by atoms with Crippen LogP contribution in [0.1, 0.15) is 58.6 Å². The van der Waals surface area contributed by atoms with Gasteiger partial charge < -0.3 is 15.0 Å². The van der Waals surface area contributed by atoms with Crippen molar-refractivity contribution in [3.05, 3.63) is 70.8 Å². The lowest BCUT2D eigenvalue weighted by Crippen LogP contribution is -2.46. The third-order valence-corrected chi connectivity index (χ3v) is 6.75. The Bertz CT molecular complexity index is 968. The molecule has 4 rings (SSSR count). The van der Waals surface area contributed by atoms with Crippen molar-refractivity contribution in [2.45, 2.75) is 50.7 Å². The Balaban J connectivity index is 1.41. The van der Waals surface area contributed by atoms with Crippen LogP contribution in [0.25, 0.3) is 0 Å². The van der Waals surface area contributed by atoms with E-state index in [-0.39, 0.29) is 18.2 Å². The minimum Gasteiger partial charge on any atom is -0.357 e. The number of hydrogen-bond acceptors (Lipinski definition) is 4. The zero-order valence-electron chi connectivity index (χ0n) is 18.6. The SMILES string of the molecule is CNC(=O)C(CCC=O)N1Cc2cc(C3CCN(Cc4ccccc4)CC3)ccc2C1=O. The lowest BCUT2D eigenvalue weighted by atomic mass is 9.87. The van der Waals surface area contributed by atoms with E-state index in [0.29, 0.717) is 24.4 Å². The molecule has 1 saturated heterocycles. The van der Waals surface area contributed by atoms with Crippen LogP contribution in [0.15, 0.2) is 48.5 Å². The molecule has 0 bridgehead atoms. The smallest absolute Gasteiger partial charge is 0.255 e. The van der Waals surface area contributed by atoms with Gasteiger partial charge in [-0.05, 0) is 61.0 Å². The van der Waals surface area contributed by atoms with Gasteiger partial charge in [0.15, 0.2) is 0 Å². The van der Waals surface area contributed by atoms with Crippen LogP contribution >= 0.6 is 0 Å². The Kier molecular flexibility index (Phi) is 7.00. The van der Waals surface area contributed by atoms with Crippen LogP contribution in [0, 0.1) is 0 Å². The van der Waals surface area contributed by atoms with Crippen LogP contribution in [0.2, 0.25) is 0 Å². The number of carbonyl (C=O) groups is 3. The second-order valence-corrected chi connectivity index (χ2v) is 8.76. The molecule has 1 N–H and O–H groups in total. The van der Waals surface area contributed by atoms with Crippen molar-refractivity contribution in [2.24, 2.45) is 0 Å². The number of likely N-dealkylation sites (tertiary alicyclic amines) is 1. The second kappa shape index (κ2) is 10.1. The number of rotatable bonds is 8. The van der Waals surface area contributed by atoms with E-state index in [4.69, 9.17) is 0 Å². The van der Waals surface area contributed by atoms with E-state index in [1.807, 2.05) is 6.07 Å². The predicted octanol–water partition coefficient (Wildman–Crippen LogP) is 3.12. The Hall–Kier alpha value is -2.99. The fourth-order valence-electron chi connectivity index (χ4n) is 4.96. The van der Waals surface area contributed by atoms with Gasteiger partial charge in [-0.3, -0.25) is 14.5 Å². The summed E-state index contributed by atoms with van der Waals surface area (Å²) in [6, 6.07) is 16.1. The average Bonchev–Trinajstić information content (AvgIpc) is 3.15. The van der Waals surface area contributed by atoms with Crippen LogP contribution < -0.4 is 5.32 Å². The topological polar surface area (TPSA) is 69.7 Å².